The van der Waals surface area contributed by atoms with Crippen molar-refractivity contribution in [2.24, 2.45) is 5.92 Å². The van der Waals surface area contributed by atoms with Crippen LogP contribution < -0.4 is 10.2 Å². The number of carbonyl (C=O) groups is 2. The average Bonchev–Trinajstić information content (AvgIpc) is 2.64. The van der Waals surface area contributed by atoms with Crippen LogP contribution in [0.1, 0.15) is 23.2 Å². The standard InChI is InChI=1S/C20H20ClFN2O2/c21-16-3-1-14(2-4-16)20(26)15-9-11-24(12-10-15)13-19(25)23-18-7-5-17(22)6-8-18/h1-8,15H,9-13H2,(H,23,25)/p+1. The minimum absolute atomic E-state index is 0.0000790. The van der Waals surface area contributed by atoms with Crippen molar-refractivity contribution < 1.29 is 18.9 Å². The molecular weight excluding hydrogens is 355 g/mol. The fraction of sp³-hybridized carbons (Fsp3) is 0.300. The van der Waals surface area contributed by atoms with Crippen LogP contribution in [0, 0.1) is 11.7 Å². The predicted molar refractivity (Wildman–Crippen MR) is 99.1 cm³/mol. The lowest BCUT2D eigenvalue weighted by Gasteiger charge is -2.28. The van der Waals surface area contributed by atoms with E-state index in [4.69, 9.17) is 11.6 Å². The fourth-order valence-corrected chi connectivity index (χ4v) is 3.41. The first-order chi connectivity index (χ1) is 12.5. The largest absolute Gasteiger partial charge is 0.327 e. The summed E-state index contributed by atoms with van der Waals surface area (Å²) in [6.45, 7) is 1.90. The summed E-state index contributed by atoms with van der Waals surface area (Å²) in [4.78, 5) is 25.8. The van der Waals surface area contributed by atoms with Crippen molar-refractivity contribution in [2.45, 2.75) is 12.8 Å². The van der Waals surface area contributed by atoms with E-state index < -0.39 is 0 Å². The maximum Gasteiger partial charge on any atom is 0.279 e. The number of rotatable bonds is 5. The van der Waals surface area contributed by atoms with Gasteiger partial charge in [-0.15, -0.1) is 0 Å². The molecule has 2 aromatic carbocycles. The van der Waals surface area contributed by atoms with E-state index in [9.17, 15) is 14.0 Å². The third kappa shape index (κ3) is 4.90. The van der Waals surface area contributed by atoms with Gasteiger partial charge in [0.1, 0.15) is 5.82 Å². The summed E-state index contributed by atoms with van der Waals surface area (Å²) in [5.41, 5.74) is 1.28. The Labute approximate surface area is 157 Å². The number of piperidine rings is 1. The molecule has 0 atom stereocenters. The molecule has 1 aliphatic heterocycles. The van der Waals surface area contributed by atoms with Crippen LogP contribution in [0.5, 0.6) is 0 Å². The molecule has 0 aliphatic carbocycles. The van der Waals surface area contributed by atoms with E-state index in [2.05, 4.69) is 5.32 Å². The summed E-state index contributed by atoms with van der Waals surface area (Å²) in [5.74, 6) is -0.285. The molecule has 1 aliphatic rings. The Morgan fingerprint density at radius 1 is 1.04 bits per heavy atom. The molecule has 6 heteroatoms. The monoisotopic (exact) mass is 375 g/mol. The topological polar surface area (TPSA) is 50.6 Å². The van der Waals surface area contributed by atoms with Gasteiger partial charge in [-0.05, 0) is 48.5 Å². The number of ketones is 1. The number of quaternary nitrogens is 1. The second-order valence-electron chi connectivity index (χ2n) is 6.63. The van der Waals surface area contributed by atoms with Crippen LogP contribution in [0.3, 0.4) is 0 Å². The maximum atomic E-state index is 12.9. The van der Waals surface area contributed by atoms with Crippen LogP contribution in [-0.4, -0.2) is 31.3 Å². The van der Waals surface area contributed by atoms with E-state index in [1.807, 2.05) is 0 Å². The molecule has 136 valence electrons. The molecule has 0 spiro atoms. The van der Waals surface area contributed by atoms with Gasteiger partial charge < -0.3 is 10.2 Å². The predicted octanol–water partition coefficient (Wildman–Crippen LogP) is 2.60. The Bertz CT molecular complexity index is 769. The van der Waals surface area contributed by atoms with Crippen molar-refractivity contribution in [2.75, 3.05) is 25.0 Å². The molecule has 1 amide bonds. The second-order valence-corrected chi connectivity index (χ2v) is 7.06. The molecule has 0 bridgehead atoms. The van der Waals surface area contributed by atoms with Crippen molar-refractivity contribution in [3.63, 3.8) is 0 Å². The normalized spacial score (nSPS) is 19.8. The number of likely N-dealkylation sites (tertiary alicyclic amines) is 1. The lowest BCUT2D eigenvalue weighted by Crippen LogP contribution is -3.14. The lowest BCUT2D eigenvalue weighted by atomic mass is 9.89. The van der Waals surface area contributed by atoms with Crippen molar-refractivity contribution in [3.05, 3.63) is 64.9 Å². The highest BCUT2D eigenvalue weighted by molar-refractivity contribution is 6.30. The van der Waals surface area contributed by atoms with E-state index in [0.717, 1.165) is 30.8 Å². The Kier molecular flexibility index (Phi) is 6.01. The number of nitrogens with one attached hydrogen (secondary N) is 2. The highest BCUT2D eigenvalue weighted by Crippen LogP contribution is 2.18. The van der Waals surface area contributed by atoms with Crippen LogP contribution in [0.25, 0.3) is 0 Å². The zero-order chi connectivity index (χ0) is 18.5. The average molecular weight is 376 g/mol. The number of Topliss-reactive ketones (excluding diaryl/α,β-unsaturated/α-hetero) is 1. The number of benzene rings is 2. The van der Waals surface area contributed by atoms with Gasteiger partial charge in [0.05, 0.1) is 13.1 Å². The van der Waals surface area contributed by atoms with Crippen molar-refractivity contribution in [3.8, 4) is 0 Å². The molecule has 1 heterocycles. The molecule has 0 saturated carbocycles. The van der Waals surface area contributed by atoms with Gasteiger partial charge in [-0.3, -0.25) is 9.59 Å². The summed E-state index contributed by atoms with van der Waals surface area (Å²) in [5, 5.41) is 3.39. The zero-order valence-corrected chi connectivity index (χ0v) is 15.1. The minimum Gasteiger partial charge on any atom is -0.327 e. The Morgan fingerprint density at radius 3 is 2.27 bits per heavy atom. The number of halogens is 2. The molecule has 2 aromatic rings. The lowest BCUT2D eigenvalue weighted by molar-refractivity contribution is -0.897. The fourth-order valence-electron chi connectivity index (χ4n) is 3.28. The van der Waals surface area contributed by atoms with Crippen molar-refractivity contribution >= 4 is 29.0 Å². The minimum atomic E-state index is -0.332. The first kappa shape index (κ1) is 18.5. The van der Waals surface area contributed by atoms with Crippen LogP contribution >= 0.6 is 11.6 Å². The van der Waals surface area contributed by atoms with Gasteiger partial charge >= 0.3 is 0 Å². The van der Waals surface area contributed by atoms with E-state index in [0.29, 0.717) is 22.8 Å². The van der Waals surface area contributed by atoms with E-state index >= 15 is 0 Å². The summed E-state index contributed by atoms with van der Waals surface area (Å²) in [6, 6.07) is 12.7. The van der Waals surface area contributed by atoms with Gasteiger partial charge in [0.2, 0.25) is 0 Å². The van der Waals surface area contributed by atoms with Gasteiger partial charge in [0.25, 0.3) is 5.91 Å². The molecule has 1 saturated heterocycles. The Hall–Kier alpha value is -2.24. The molecule has 0 aromatic heterocycles. The van der Waals surface area contributed by atoms with E-state index in [1.54, 1.807) is 36.4 Å². The first-order valence-corrected chi connectivity index (χ1v) is 9.08. The number of amides is 1. The summed E-state index contributed by atoms with van der Waals surface area (Å²) in [7, 11) is 0. The van der Waals surface area contributed by atoms with Gasteiger partial charge in [0.15, 0.2) is 12.3 Å². The number of carbonyl (C=O) groups excluding carboxylic acids is 2. The zero-order valence-electron chi connectivity index (χ0n) is 14.3. The first-order valence-electron chi connectivity index (χ1n) is 8.70. The quantitative estimate of drug-likeness (QED) is 0.789. The maximum absolute atomic E-state index is 12.9. The van der Waals surface area contributed by atoms with Gasteiger partial charge in [-0.25, -0.2) is 4.39 Å². The second kappa shape index (κ2) is 8.43. The Morgan fingerprint density at radius 2 is 1.65 bits per heavy atom. The SMILES string of the molecule is O=C(C[NH+]1CCC(C(=O)c2ccc(Cl)cc2)CC1)Nc1ccc(F)cc1. The summed E-state index contributed by atoms with van der Waals surface area (Å²) < 4.78 is 12.9. The molecule has 1 fully saturated rings. The van der Waals surface area contributed by atoms with Gasteiger partial charge in [-0.2, -0.15) is 0 Å². The third-order valence-electron chi connectivity index (χ3n) is 4.73. The van der Waals surface area contributed by atoms with Crippen LogP contribution in [0.2, 0.25) is 5.02 Å². The van der Waals surface area contributed by atoms with E-state index in [1.165, 1.54) is 12.1 Å². The molecular formula is C20H21ClFN2O2+. The Balaban J connectivity index is 1.47. The number of hydrogen-bond donors (Lipinski definition) is 2. The number of anilines is 1. The number of hydrogen-bond acceptors (Lipinski definition) is 2. The molecule has 0 unspecified atom stereocenters. The highest BCUT2D eigenvalue weighted by atomic mass is 35.5. The molecule has 2 N–H and O–H groups in total. The van der Waals surface area contributed by atoms with Gasteiger partial charge in [-0.1, -0.05) is 11.6 Å². The van der Waals surface area contributed by atoms with Crippen LogP contribution in [-0.2, 0) is 4.79 Å². The summed E-state index contributed by atoms with van der Waals surface area (Å²) >= 11 is 5.86. The van der Waals surface area contributed by atoms with Gasteiger partial charge in [0, 0.05) is 35.0 Å². The van der Waals surface area contributed by atoms with Crippen molar-refractivity contribution in [1.29, 1.82) is 0 Å². The molecule has 3 rings (SSSR count). The molecule has 4 nitrogen and oxygen atoms in total. The molecule has 0 radical (unpaired) electrons. The van der Waals surface area contributed by atoms with Crippen molar-refractivity contribution in [1.82, 2.24) is 0 Å². The van der Waals surface area contributed by atoms with Crippen LogP contribution in [0.4, 0.5) is 10.1 Å². The smallest absolute Gasteiger partial charge is 0.279 e. The summed E-state index contributed by atoms with van der Waals surface area (Å²) in [6.07, 6.45) is 1.53. The highest BCUT2D eigenvalue weighted by Gasteiger charge is 2.29. The third-order valence-corrected chi connectivity index (χ3v) is 4.98. The van der Waals surface area contributed by atoms with E-state index in [-0.39, 0.29) is 23.4 Å². The van der Waals surface area contributed by atoms with Crippen LogP contribution in [0.15, 0.2) is 48.5 Å². The molecule has 26 heavy (non-hydrogen) atoms.